The fraction of sp³-hybridized carbons (Fsp3) is 0.850. The summed E-state index contributed by atoms with van der Waals surface area (Å²) in [6, 6.07) is 0. The van der Waals surface area contributed by atoms with Gasteiger partial charge in [0.25, 0.3) is 0 Å². The van der Waals surface area contributed by atoms with Crippen molar-refractivity contribution < 1.29 is 15.0 Å². The first kappa shape index (κ1) is 14.7. The molecule has 2 N–H and O–H groups in total. The molecule has 4 fully saturated rings. The number of rotatable bonds is 0. The summed E-state index contributed by atoms with van der Waals surface area (Å²) < 4.78 is 0. The minimum absolute atomic E-state index is 0.112. The van der Waals surface area contributed by atoms with Gasteiger partial charge in [0.1, 0.15) is 5.78 Å². The molecule has 0 aromatic rings. The molecule has 5 rings (SSSR count). The number of carbonyl (C=O) groups excluding carboxylic acids is 1. The predicted molar refractivity (Wildman–Crippen MR) is 86.5 cm³/mol. The Morgan fingerprint density at radius 3 is 2.78 bits per heavy atom. The van der Waals surface area contributed by atoms with Gasteiger partial charge in [0.05, 0.1) is 11.7 Å². The van der Waals surface area contributed by atoms with Crippen molar-refractivity contribution in [3.8, 4) is 0 Å². The van der Waals surface area contributed by atoms with Crippen LogP contribution in [0.15, 0.2) is 12.2 Å². The minimum atomic E-state index is -0.870. The van der Waals surface area contributed by atoms with E-state index in [-0.39, 0.29) is 16.9 Å². The maximum atomic E-state index is 12.7. The van der Waals surface area contributed by atoms with E-state index in [2.05, 4.69) is 19.9 Å². The van der Waals surface area contributed by atoms with E-state index >= 15 is 0 Å². The van der Waals surface area contributed by atoms with E-state index in [1.54, 1.807) is 0 Å². The Labute approximate surface area is 138 Å². The summed E-state index contributed by atoms with van der Waals surface area (Å²) in [5.74, 6) is 2.87. The lowest BCUT2D eigenvalue weighted by Crippen LogP contribution is -2.61. The van der Waals surface area contributed by atoms with Crippen molar-refractivity contribution in [2.24, 2.45) is 40.4 Å². The third-order valence-electron chi connectivity index (χ3n) is 8.74. The fourth-order valence-electron chi connectivity index (χ4n) is 7.28. The molecule has 5 aliphatic rings. The Morgan fingerprint density at radius 1 is 1.22 bits per heavy atom. The Hall–Kier alpha value is -0.670. The average Bonchev–Trinajstić information content (AvgIpc) is 3.23. The SMILES string of the molecule is C[C@]12CC[C@H]3[C@@H](C=C[C@]4(O)C[C@@H](O)CC[C@]34C)[C@@H]1[C@@H]1C[C@@H]1C2=O. The van der Waals surface area contributed by atoms with Gasteiger partial charge >= 0.3 is 0 Å². The summed E-state index contributed by atoms with van der Waals surface area (Å²) in [6.45, 7) is 4.45. The third-order valence-corrected chi connectivity index (χ3v) is 8.74. The Morgan fingerprint density at radius 2 is 2.00 bits per heavy atom. The maximum Gasteiger partial charge on any atom is 0.142 e. The van der Waals surface area contributed by atoms with Gasteiger partial charge in [0.2, 0.25) is 0 Å². The van der Waals surface area contributed by atoms with Crippen molar-refractivity contribution in [3.63, 3.8) is 0 Å². The number of allylic oxidation sites excluding steroid dienone is 1. The molecule has 0 unspecified atom stereocenters. The molecular weight excluding hydrogens is 288 g/mol. The molecule has 3 nitrogen and oxygen atoms in total. The van der Waals surface area contributed by atoms with Crippen LogP contribution in [0, 0.1) is 40.4 Å². The highest BCUT2D eigenvalue weighted by Gasteiger charge is 2.71. The van der Waals surface area contributed by atoms with Gasteiger partial charge in [0.15, 0.2) is 0 Å². The molecule has 0 heterocycles. The van der Waals surface area contributed by atoms with Crippen LogP contribution < -0.4 is 0 Å². The Bertz CT molecular complexity index is 612. The van der Waals surface area contributed by atoms with E-state index in [1.165, 1.54) is 0 Å². The molecule has 3 heteroatoms. The van der Waals surface area contributed by atoms with Crippen molar-refractivity contribution in [2.75, 3.05) is 0 Å². The Balaban J connectivity index is 1.58. The lowest BCUT2D eigenvalue weighted by atomic mass is 9.45. The normalized spacial score (nSPS) is 63.0. The number of aliphatic hydroxyl groups excluding tert-OH is 1. The fourth-order valence-corrected chi connectivity index (χ4v) is 7.28. The second-order valence-electron chi connectivity index (χ2n) is 9.63. The first-order chi connectivity index (χ1) is 10.8. The lowest BCUT2D eigenvalue weighted by Gasteiger charge is -2.61. The van der Waals surface area contributed by atoms with Crippen LogP contribution in [0.5, 0.6) is 0 Å². The quantitative estimate of drug-likeness (QED) is 0.676. The van der Waals surface area contributed by atoms with Crippen LogP contribution in [0.2, 0.25) is 0 Å². The summed E-state index contributed by atoms with van der Waals surface area (Å²) in [5, 5.41) is 21.3. The summed E-state index contributed by atoms with van der Waals surface area (Å²) >= 11 is 0. The van der Waals surface area contributed by atoms with Gasteiger partial charge in [0, 0.05) is 23.2 Å². The van der Waals surface area contributed by atoms with Crippen LogP contribution in [0.4, 0.5) is 0 Å². The van der Waals surface area contributed by atoms with Crippen molar-refractivity contribution >= 4 is 5.78 Å². The molecule has 0 radical (unpaired) electrons. The summed E-state index contributed by atoms with van der Waals surface area (Å²) in [5.41, 5.74) is -1.13. The van der Waals surface area contributed by atoms with Crippen LogP contribution >= 0.6 is 0 Å². The van der Waals surface area contributed by atoms with Crippen LogP contribution in [0.1, 0.15) is 52.4 Å². The maximum absolute atomic E-state index is 12.7. The molecular formula is C20H28O3. The zero-order valence-electron chi connectivity index (χ0n) is 14.2. The largest absolute Gasteiger partial charge is 0.393 e. The molecule has 4 saturated carbocycles. The average molecular weight is 316 g/mol. The highest BCUT2D eigenvalue weighted by atomic mass is 16.3. The predicted octanol–water partition coefficient (Wildman–Crippen LogP) is 2.71. The summed E-state index contributed by atoms with van der Waals surface area (Å²) in [4.78, 5) is 12.7. The molecule has 9 atom stereocenters. The van der Waals surface area contributed by atoms with E-state index in [1.807, 2.05) is 6.08 Å². The Kier molecular flexibility index (Phi) is 2.62. The molecule has 5 aliphatic carbocycles. The minimum Gasteiger partial charge on any atom is -0.393 e. The van der Waals surface area contributed by atoms with E-state index in [9.17, 15) is 15.0 Å². The second-order valence-corrected chi connectivity index (χ2v) is 9.63. The molecule has 0 aliphatic heterocycles. The van der Waals surface area contributed by atoms with Crippen LogP contribution in [-0.4, -0.2) is 27.7 Å². The monoisotopic (exact) mass is 316 g/mol. The van der Waals surface area contributed by atoms with E-state index in [0.717, 1.165) is 32.1 Å². The second kappa shape index (κ2) is 4.11. The molecule has 126 valence electrons. The van der Waals surface area contributed by atoms with Gasteiger partial charge in [-0.2, -0.15) is 0 Å². The molecule has 0 amide bonds. The van der Waals surface area contributed by atoms with Crippen LogP contribution in [0.25, 0.3) is 0 Å². The molecule has 0 aromatic heterocycles. The number of hydrogen-bond acceptors (Lipinski definition) is 3. The first-order valence-electron chi connectivity index (χ1n) is 9.44. The van der Waals surface area contributed by atoms with Crippen molar-refractivity contribution in [1.82, 2.24) is 0 Å². The van der Waals surface area contributed by atoms with E-state index in [4.69, 9.17) is 0 Å². The molecule has 23 heavy (non-hydrogen) atoms. The highest BCUT2D eigenvalue weighted by Crippen LogP contribution is 2.71. The zero-order chi connectivity index (χ0) is 16.2. The lowest BCUT2D eigenvalue weighted by molar-refractivity contribution is -0.169. The van der Waals surface area contributed by atoms with Crippen LogP contribution in [0.3, 0.4) is 0 Å². The third kappa shape index (κ3) is 1.57. The smallest absolute Gasteiger partial charge is 0.142 e. The van der Waals surface area contributed by atoms with Gasteiger partial charge in [-0.1, -0.05) is 26.0 Å². The van der Waals surface area contributed by atoms with E-state index in [0.29, 0.717) is 41.8 Å². The first-order valence-corrected chi connectivity index (χ1v) is 9.44. The van der Waals surface area contributed by atoms with E-state index < -0.39 is 5.60 Å². The molecule has 0 saturated heterocycles. The van der Waals surface area contributed by atoms with Gasteiger partial charge in [-0.05, 0) is 55.8 Å². The molecule has 0 bridgehead atoms. The van der Waals surface area contributed by atoms with Gasteiger partial charge in [-0.15, -0.1) is 0 Å². The standard InChI is InChI=1S/C20H28O3/c1-18-6-5-15-12(16(18)13-9-14(13)17(18)22)4-8-20(23)10-11(21)3-7-19(15,20)2/h4,8,11-16,21,23H,3,5-7,9-10H2,1-2H3/t11-,12+,13+,14-,15-,16+,18-,19+,20-/m0/s1. The van der Waals surface area contributed by atoms with Gasteiger partial charge in [-0.3, -0.25) is 4.79 Å². The number of hydrogen-bond donors (Lipinski definition) is 2. The number of aliphatic hydroxyl groups is 2. The van der Waals surface area contributed by atoms with Crippen molar-refractivity contribution in [2.45, 2.75) is 64.1 Å². The van der Waals surface area contributed by atoms with Crippen LogP contribution in [-0.2, 0) is 4.79 Å². The number of carbonyl (C=O) groups is 1. The van der Waals surface area contributed by atoms with Crippen molar-refractivity contribution in [3.05, 3.63) is 12.2 Å². The highest BCUT2D eigenvalue weighted by molar-refractivity contribution is 5.92. The van der Waals surface area contributed by atoms with Gasteiger partial charge < -0.3 is 10.2 Å². The number of ketones is 1. The summed E-state index contributed by atoms with van der Waals surface area (Å²) in [6.07, 6.45) is 9.15. The zero-order valence-corrected chi connectivity index (χ0v) is 14.2. The van der Waals surface area contributed by atoms with Crippen molar-refractivity contribution in [1.29, 1.82) is 0 Å². The van der Waals surface area contributed by atoms with Gasteiger partial charge in [-0.25, -0.2) is 0 Å². The molecule has 0 aromatic carbocycles. The number of Topliss-reactive ketones (excluding diaryl/α,β-unsaturated/α-hetero) is 1. The topological polar surface area (TPSA) is 57.5 Å². The summed E-state index contributed by atoms with van der Waals surface area (Å²) in [7, 11) is 0. The molecule has 0 spiro atoms. The number of fused-ring (bicyclic) bond motifs is 7.